The van der Waals surface area contributed by atoms with Crippen molar-refractivity contribution in [1.82, 2.24) is 9.55 Å². The molecule has 1 aromatic heterocycles. The molecule has 8 heteroatoms. The molecule has 0 spiro atoms. The number of hydrogen-bond acceptors (Lipinski definition) is 6. The fourth-order valence-corrected chi connectivity index (χ4v) is 4.12. The largest absolute Gasteiger partial charge is 0.382 e. The summed E-state index contributed by atoms with van der Waals surface area (Å²) in [4.78, 5) is 30.3. The molecule has 1 aliphatic rings. The molecular formula is C22H28ClN3O4. The van der Waals surface area contributed by atoms with Gasteiger partial charge in [0.05, 0.1) is 30.0 Å². The third-order valence-corrected chi connectivity index (χ3v) is 5.65. The molecule has 0 aliphatic heterocycles. The number of anilines is 1. The highest BCUT2D eigenvalue weighted by Crippen LogP contribution is 2.34. The van der Waals surface area contributed by atoms with Crippen LogP contribution in [-0.2, 0) is 28.9 Å². The number of ether oxygens (including phenoxy) is 2. The second-order valence-corrected chi connectivity index (χ2v) is 7.73. The molecule has 0 atom stereocenters. The number of nitrogens with zero attached hydrogens (tertiary/aromatic N) is 2. The molecule has 162 valence electrons. The fraction of sp³-hybridized carbons (Fsp3) is 0.500. The average molecular weight is 434 g/mol. The molecule has 0 bridgehead atoms. The van der Waals surface area contributed by atoms with E-state index in [2.05, 4.69) is 5.32 Å². The summed E-state index contributed by atoms with van der Waals surface area (Å²) in [7, 11) is 3.22. The Bertz CT molecular complexity index is 997. The molecule has 0 saturated heterocycles. The molecule has 3 rings (SSSR count). The van der Waals surface area contributed by atoms with Gasteiger partial charge >= 0.3 is 0 Å². The van der Waals surface area contributed by atoms with E-state index in [1.54, 1.807) is 24.9 Å². The highest BCUT2D eigenvalue weighted by molar-refractivity contribution is 6.33. The first kappa shape index (κ1) is 22.5. The van der Waals surface area contributed by atoms with Crippen LogP contribution in [0.1, 0.15) is 41.9 Å². The van der Waals surface area contributed by atoms with E-state index >= 15 is 0 Å². The van der Waals surface area contributed by atoms with Crippen molar-refractivity contribution in [2.45, 2.75) is 45.7 Å². The maximum atomic E-state index is 13.4. The zero-order valence-electron chi connectivity index (χ0n) is 17.9. The lowest BCUT2D eigenvalue weighted by molar-refractivity contribution is 0.0994. The van der Waals surface area contributed by atoms with E-state index < -0.39 is 0 Å². The molecule has 1 heterocycles. The summed E-state index contributed by atoms with van der Waals surface area (Å²) in [5.74, 6) is 0.627. The number of nitrogens with one attached hydrogen (secondary N) is 1. The lowest BCUT2D eigenvalue weighted by Crippen LogP contribution is -2.35. The van der Waals surface area contributed by atoms with E-state index in [0.717, 1.165) is 5.56 Å². The lowest BCUT2D eigenvalue weighted by Gasteiger charge is -2.22. The Hall–Kier alpha value is -2.22. The quantitative estimate of drug-likeness (QED) is 0.653. The summed E-state index contributed by atoms with van der Waals surface area (Å²) in [6.07, 6.45) is 1.75. The molecule has 1 aliphatic carbocycles. The van der Waals surface area contributed by atoms with Gasteiger partial charge in [0.25, 0.3) is 5.56 Å². The standard InChI is InChI=1S/C22H28ClN3O4/c1-5-18-20(24-14(11-29-3)12-30-4)22(28)26(6-2)21(25-18)16-9-13-7-8-19(27)15(13)10-17(16)23/h9-10,14,24H,5-8,11-12H2,1-4H3. The van der Waals surface area contributed by atoms with Crippen LogP contribution < -0.4 is 10.9 Å². The van der Waals surface area contributed by atoms with Gasteiger partial charge in [0.15, 0.2) is 5.78 Å². The van der Waals surface area contributed by atoms with E-state index in [-0.39, 0.29) is 17.4 Å². The molecule has 30 heavy (non-hydrogen) atoms. The van der Waals surface area contributed by atoms with Gasteiger partial charge in [0.1, 0.15) is 11.5 Å². The van der Waals surface area contributed by atoms with Crippen molar-refractivity contribution in [3.63, 3.8) is 0 Å². The van der Waals surface area contributed by atoms with Gasteiger partial charge in [-0.2, -0.15) is 0 Å². The highest BCUT2D eigenvalue weighted by Gasteiger charge is 2.25. The van der Waals surface area contributed by atoms with E-state index in [1.807, 2.05) is 19.9 Å². The molecule has 0 amide bonds. The van der Waals surface area contributed by atoms with E-state index in [0.29, 0.717) is 72.4 Å². The number of methoxy groups -OCH3 is 2. The fourth-order valence-electron chi connectivity index (χ4n) is 3.88. The molecule has 7 nitrogen and oxygen atoms in total. The maximum absolute atomic E-state index is 13.4. The third-order valence-electron chi connectivity index (χ3n) is 5.34. The van der Waals surface area contributed by atoms with Gasteiger partial charge in [-0.3, -0.25) is 14.2 Å². The van der Waals surface area contributed by atoms with Gasteiger partial charge in [-0.05, 0) is 37.5 Å². The summed E-state index contributed by atoms with van der Waals surface area (Å²) in [6.45, 7) is 5.08. The Labute approximate surface area is 181 Å². The van der Waals surface area contributed by atoms with Crippen molar-refractivity contribution in [3.05, 3.63) is 44.3 Å². The molecule has 1 N–H and O–H groups in total. The van der Waals surface area contributed by atoms with Crippen LogP contribution in [0.15, 0.2) is 16.9 Å². The number of ketones is 1. The number of halogens is 1. The summed E-state index contributed by atoms with van der Waals surface area (Å²) in [5, 5.41) is 3.69. The number of aryl methyl sites for hydroxylation is 2. The smallest absolute Gasteiger partial charge is 0.277 e. The van der Waals surface area contributed by atoms with Gasteiger partial charge in [-0.1, -0.05) is 18.5 Å². The molecular weight excluding hydrogens is 406 g/mol. The molecule has 0 unspecified atom stereocenters. The Morgan fingerprint density at radius 1 is 1.13 bits per heavy atom. The summed E-state index contributed by atoms with van der Waals surface area (Å²) in [6, 6.07) is 3.44. The zero-order chi connectivity index (χ0) is 21.8. The van der Waals surface area contributed by atoms with Gasteiger partial charge in [0, 0.05) is 38.3 Å². The number of hydrogen-bond donors (Lipinski definition) is 1. The van der Waals surface area contributed by atoms with Crippen molar-refractivity contribution < 1.29 is 14.3 Å². The predicted octanol–water partition coefficient (Wildman–Crippen LogP) is 3.35. The van der Waals surface area contributed by atoms with Crippen molar-refractivity contribution in [2.24, 2.45) is 0 Å². The minimum atomic E-state index is -0.175. The van der Waals surface area contributed by atoms with Crippen molar-refractivity contribution in [2.75, 3.05) is 32.8 Å². The Morgan fingerprint density at radius 3 is 2.43 bits per heavy atom. The van der Waals surface area contributed by atoms with E-state index in [9.17, 15) is 9.59 Å². The third kappa shape index (κ3) is 4.29. The Kier molecular flexibility index (Phi) is 7.28. The average Bonchev–Trinajstić information content (AvgIpc) is 3.08. The molecule has 0 radical (unpaired) electrons. The van der Waals surface area contributed by atoms with Crippen molar-refractivity contribution >= 4 is 23.1 Å². The lowest BCUT2D eigenvalue weighted by atomic mass is 10.0. The predicted molar refractivity (Wildman–Crippen MR) is 118 cm³/mol. The second kappa shape index (κ2) is 9.73. The number of fused-ring (bicyclic) bond motifs is 1. The van der Waals surface area contributed by atoms with Gasteiger partial charge < -0.3 is 14.8 Å². The minimum absolute atomic E-state index is 0.107. The Morgan fingerprint density at radius 2 is 1.83 bits per heavy atom. The SMILES string of the molecule is CCc1nc(-c2cc3c(cc2Cl)C(=O)CC3)n(CC)c(=O)c1NC(COC)COC. The van der Waals surface area contributed by atoms with Crippen molar-refractivity contribution in [1.29, 1.82) is 0 Å². The monoisotopic (exact) mass is 433 g/mol. The van der Waals surface area contributed by atoms with Gasteiger partial charge in [0.2, 0.25) is 0 Å². The van der Waals surface area contributed by atoms with E-state index in [4.69, 9.17) is 26.1 Å². The van der Waals surface area contributed by atoms with Crippen LogP contribution in [0.4, 0.5) is 5.69 Å². The number of aromatic nitrogens is 2. The van der Waals surface area contributed by atoms with Crippen molar-refractivity contribution in [3.8, 4) is 11.4 Å². The summed E-state index contributed by atoms with van der Waals surface area (Å²) < 4.78 is 12.1. The Balaban J connectivity index is 2.13. The molecule has 0 fully saturated rings. The second-order valence-electron chi connectivity index (χ2n) is 7.32. The molecule has 0 saturated carbocycles. The van der Waals surface area contributed by atoms with Crippen LogP contribution in [0, 0.1) is 0 Å². The number of benzene rings is 1. The number of Topliss-reactive ketones (excluding diaryl/α,β-unsaturated/α-hetero) is 1. The van der Waals surface area contributed by atoms with Crippen LogP contribution in [0.25, 0.3) is 11.4 Å². The number of carbonyl (C=O) groups is 1. The summed E-state index contributed by atoms with van der Waals surface area (Å²) >= 11 is 6.53. The summed E-state index contributed by atoms with van der Waals surface area (Å²) in [5.41, 5.74) is 3.25. The van der Waals surface area contributed by atoms with Crippen LogP contribution in [0.5, 0.6) is 0 Å². The van der Waals surface area contributed by atoms with Gasteiger partial charge in [-0.25, -0.2) is 4.98 Å². The first-order chi connectivity index (χ1) is 14.4. The van der Waals surface area contributed by atoms with Crippen LogP contribution in [-0.4, -0.2) is 48.8 Å². The van der Waals surface area contributed by atoms with Crippen LogP contribution in [0.3, 0.4) is 0 Å². The normalized spacial score (nSPS) is 13.2. The topological polar surface area (TPSA) is 82.5 Å². The number of rotatable bonds is 9. The van der Waals surface area contributed by atoms with Crippen LogP contribution in [0.2, 0.25) is 5.02 Å². The highest BCUT2D eigenvalue weighted by atomic mass is 35.5. The maximum Gasteiger partial charge on any atom is 0.277 e. The van der Waals surface area contributed by atoms with Gasteiger partial charge in [-0.15, -0.1) is 0 Å². The molecule has 2 aromatic rings. The van der Waals surface area contributed by atoms with Crippen LogP contribution >= 0.6 is 11.6 Å². The first-order valence-electron chi connectivity index (χ1n) is 10.2. The van der Waals surface area contributed by atoms with E-state index in [1.165, 1.54) is 0 Å². The zero-order valence-corrected chi connectivity index (χ0v) is 18.6. The first-order valence-corrected chi connectivity index (χ1v) is 10.6. The number of carbonyl (C=O) groups excluding carboxylic acids is 1. The minimum Gasteiger partial charge on any atom is -0.382 e. The molecule has 1 aromatic carbocycles.